The van der Waals surface area contributed by atoms with Gasteiger partial charge in [-0.1, -0.05) is 0 Å². The predicted octanol–water partition coefficient (Wildman–Crippen LogP) is 2.30. The van der Waals surface area contributed by atoms with Gasteiger partial charge < -0.3 is 20.1 Å². The smallest absolute Gasteiger partial charge is 0.321 e. The van der Waals surface area contributed by atoms with E-state index in [1.807, 2.05) is 0 Å². The van der Waals surface area contributed by atoms with E-state index in [1.165, 1.54) is 12.0 Å². The molecule has 0 aliphatic carbocycles. The van der Waals surface area contributed by atoms with Gasteiger partial charge in [0.15, 0.2) is 11.6 Å². The largest absolute Gasteiger partial charge is 0.494 e. The highest BCUT2D eigenvalue weighted by atomic mass is 19.2. The molecule has 1 aliphatic heterocycles. The van der Waals surface area contributed by atoms with Crippen LogP contribution in [0.3, 0.4) is 0 Å². The first-order valence-corrected chi connectivity index (χ1v) is 6.59. The van der Waals surface area contributed by atoms with E-state index in [1.54, 1.807) is 6.92 Å². The molecule has 1 atom stereocenters. The summed E-state index contributed by atoms with van der Waals surface area (Å²) in [6, 6.07) is 1.06. The first kappa shape index (κ1) is 16.0. The number of amides is 2. The molecule has 1 aromatic rings. The Morgan fingerprint density at radius 1 is 1.36 bits per heavy atom. The van der Waals surface area contributed by atoms with E-state index in [-0.39, 0.29) is 24.5 Å². The molecule has 2 amide bonds. The molecule has 1 unspecified atom stereocenters. The van der Waals surface area contributed by atoms with Crippen LogP contribution in [-0.4, -0.2) is 42.2 Å². The topological polar surface area (TPSA) is 78.9 Å². The minimum absolute atomic E-state index is 0.0182. The molecule has 6 nitrogen and oxygen atoms in total. The first-order valence-electron chi connectivity index (χ1n) is 6.59. The molecule has 1 heterocycles. The summed E-state index contributed by atoms with van der Waals surface area (Å²) in [7, 11) is 1.26. The van der Waals surface area contributed by atoms with Crippen LogP contribution in [-0.2, 0) is 4.79 Å². The second-order valence-electron chi connectivity index (χ2n) is 5.43. The molecule has 0 bridgehead atoms. The van der Waals surface area contributed by atoms with E-state index in [4.69, 9.17) is 9.84 Å². The van der Waals surface area contributed by atoms with Crippen LogP contribution in [0.25, 0.3) is 0 Å². The number of benzene rings is 1. The number of carboxylic acids is 1. The maximum Gasteiger partial charge on any atom is 0.321 e. The Morgan fingerprint density at radius 2 is 2.00 bits per heavy atom. The molecule has 1 saturated heterocycles. The van der Waals surface area contributed by atoms with Crippen molar-refractivity contribution in [3.8, 4) is 5.75 Å². The molecule has 1 aromatic carbocycles. The van der Waals surface area contributed by atoms with Gasteiger partial charge in [0.25, 0.3) is 0 Å². The molecule has 0 radical (unpaired) electrons. The molecule has 120 valence electrons. The summed E-state index contributed by atoms with van der Waals surface area (Å²) >= 11 is 0. The number of likely N-dealkylation sites (tertiary alicyclic amines) is 1. The third kappa shape index (κ3) is 2.95. The lowest BCUT2D eigenvalue weighted by molar-refractivity contribution is -0.146. The number of carbonyl (C=O) groups is 2. The van der Waals surface area contributed by atoms with Gasteiger partial charge in [-0.15, -0.1) is 0 Å². The highest BCUT2D eigenvalue weighted by Gasteiger charge is 2.42. The number of aliphatic carboxylic acids is 1. The number of ether oxygens (including phenoxy) is 1. The predicted molar refractivity (Wildman–Crippen MR) is 73.9 cm³/mol. The van der Waals surface area contributed by atoms with Crippen LogP contribution in [0.2, 0.25) is 0 Å². The second kappa shape index (κ2) is 5.78. The molecule has 22 heavy (non-hydrogen) atoms. The van der Waals surface area contributed by atoms with Gasteiger partial charge in [0.05, 0.1) is 18.2 Å². The maximum atomic E-state index is 13.3. The van der Waals surface area contributed by atoms with Crippen LogP contribution < -0.4 is 10.1 Å². The Morgan fingerprint density at radius 3 is 2.55 bits per heavy atom. The molecule has 1 fully saturated rings. The Bertz CT molecular complexity index is 623. The number of nitrogens with one attached hydrogen (secondary N) is 1. The molecule has 2 rings (SSSR count). The van der Waals surface area contributed by atoms with Gasteiger partial charge >= 0.3 is 12.0 Å². The maximum absolute atomic E-state index is 13.3. The summed E-state index contributed by atoms with van der Waals surface area (Å²) in [5, 5.41) is 11.6. The number of carboxylic acid groups (broad SMARTS) is 1. The van der Waals surface area contributed by atoms with Gasteiger partial charge in [0.2, 0.25) is 0 Å². The Kier molecular flexibility index (Phi) is 4.20. The van der Waals surface area contributed by atoms with Gasteiger partial charge in [-0.25, -0.2) is 13.6 Å². The number of anilines is 1. The molecule has 0 aromatic heterocycles. The first-order chi connectivity index (χ1) is 10.3. The van der Waals surface area contributed by atoms with Gasteiger partial charge in [-0.2, -0.15) is 0 Å². The van der Waals surface area contributed by atoms with E-state index in [2.05, 4.69) is 5.32 Å². The zero-order chi connectivity index (χ0) is 16.5. The molecule has 0 spiro atoms. The lowest BCUT2D eigenvalue weighted by Crippen LogP contribution is -2.37. The van der Waals surface area contributed by atoms with E-state index < -0.39 is 29.0 Å². The second-order valence-corrected chi connectivity index (χ2v) is 5.43. The number of rotatable bonds is 3. The fourth-order valence-corrected chi connectivity index (χ4v) is 2.30. The monoisotopic (exact) mass is 314 g/mol. The van der Waals surface area contributed by atoms with Crippen molar-refractivity contribution in [1.82, 2.24) is 4.90 Å². The van der Waals surface area contributed by atoms with Crippen molar-refractivity contribution in [1.29, 1.82) is 0 Å². The molecule has 1 aliphatic rings. The summed E-state index contributed by atoms with van der Waals surface area (Å²) in [6.07, 6.45) is 0.324. The lowest BCUT2D eigenvalue weighted by atomic mass is 9.90. The van der Waals surface area contributed by atoms with Crippen molar-refractivity contribution in [2.45, 2.75) is 13.3 Å². The van der Waals surface area contributed by atoms with Crippen LogP contribution >= 0.6 is 0 Å². The van der Waals surface area contributed by atoms with Gasteiger partial charge in [-0.05, 0) is 13.3 Å². The summed E-state index contributed by atoms with van der Waals surface area (Å²) in [6.45, 7) is 1.86. The average Bonchev–Trinajstić information content (AvgIpc) is 2.86. The van der Waals surface area contributed by atoms with Crippen molar-refractivity contribution >= 4 is 17.7 Å². The van der Waals surface area contributed by atoms with Crippen LogP contribution in [0.15, 0.2) is 12.1 Å². The Balaban J connectivity index is 2.14. The number of hydrogen-bond acceptors (Lipinski definition) is 3. The van der Waals surface area contributed by atoms with Crippen molar-refractivity contribution in [2.24, 2.45) is 5.41 Å². The average molecular weight is 314 g/mol. The molecule has 0 saturated carbocycles. The standard InChI is InChI=1S/C14H16F2N2O4/c1-14(12(19)20)3-4-18(7-14)13(21)17-10-5-8(15)9(16)6-11(10)22-2/h5-6H,3-4,7H2,1-2H3,(H,17,21)(H,19,20). The summed E-state index contributed by atoms with van der Waals surface area (Å²) in [4.78, 5) is 24.6. The van der Waals surface area contributed by atoms with E-state index in [0.717, 1.165) is 12.1 Å². The summed E-state index contributed by atoms with van der Waals surface area (Å²) in [5.41, 5.74) is -1.02. The normalized spacial score (nSPS) is 20.8. The molecule has 8 heteroatoms. The van der Waals surface area contributed by atoms with Crippen LogP contribution in [0.1, 0.15) is 13.3 Å². The van der Waals surface area contributed by atoms with Crippen molar-refractivity contribution in [3.63, 3.8) is 0 Å². The van der Waals surface area contributed by atoms with Crippen LogP contribution in [0.5, 0.6) is 5.75 Å². The summed E-state index contributed by atoms with van der Waals surface area (Å²) < 4.78 is 31.3. The lowest BCUT2D eigenvalue weighted by Gasteiger charge is -2.21. The third-order valence-electron chi connectivity index (χ3n) is 3.76. The van der Waals surface area contributed by atoms with Crippen molar-refractivity contribution in [2.75, 3.05) is 25.5 Å². The molecular weight excluding hydrogens is 298 g/mol. The van der Waals surface area contributed by atoms with Crippen LogP contribution in [0.4, 0.5) is 19.3 Å². The van der Waals surface area contributed by atoms with E-state index in [9.17, 15) is 18.4 Å². The minimum Gasteiger partial charge on any atom is -0.494 e. The molecular formula is C14H16F2N2O4. The zero-order valence-corrected chi connectivity index (χ0v) is 12.2. The zero-order valence-electron chi connectivity index (χ0n) is 12.2. The number of urea groups is 1. The number of carbonyl (C=O) groups excluding carboxylic acids is 1. The van der Waals surface area contributed by atoms with Crippen molar-refractivity contribution in [3.05, 3.63) is 23.8 Å². The highest BCUT2D eigenvalue weighted by molar-refractivity contribution is 5.92. The van der Waals surface area contributed by atoms with Gasteiger partial charge in [0, 0.05) is 25.2 Å². The summed E-state index contributed by atoms with van der Waals surface area (Å²) in [5.74, 6) is -3.21. The fraction of sp³-hybridized carbons (Fsp3) is 0.429. The Labute approximate surface area is 125 Å². The van der Waals surface area contributed by atoms with E-state index in [0.29, 0.717) is 6.42 Å². The Hall–Kier alpha value is -2.38. The number of hydrogen-bond donors (Lipinski definition) is 2. The van der Waals surface area contributed by atoms with Crippen LogP contribution in [0, 0.1) is 17.0 Å². The van der Waals surface area contributed by atoms with Gasteiger partial charge in [0.1, 0.15) is 5.75 Å². The number of methoxy groups -OCH3 is 1. The highest BCUT2D eigenvalue weighted by Crippen LogP contribution is 2.32. The molecule has 2 N–H and O–H groups in total. The van der Waals surface area contributed by atoms with Crippen molar-refractivity contribution < 1.29 is 28.2 Å². The van der Waals surface area contributed by atoms with Gasteiger partial charge in [-0.3, -0.25) is 4.79 Å². The number of halogens is 2. The SMILES string of the molecule is COc1cc(F)c(F)cc1NC(=O)N1CCC(C)(C(=O)O)C1. The number of nitrogens with zero attached hydrogens (tertiary/aromatic N) is 1. The quantitative estimate of drug-likeness (QED) is 0.897. The van der Waals surface area contributed by atoms with E-state index >= 15 is 0 Å². The minimum atomic E-state index is -1.12. The fourth-order valence-electron chi connectivity index (χ4n) is 2.30. The third-order valence-corrected chi connectivity index (χ3v) is 3.76.